The average molecular weight is 332 g/mol. The van der Waals surface area contributed by atoms with Gasteiger partial charge in [0, 0.05) is 22.7 Å². The van der Waals surface area contributed by atoms with E-state index in [4.69, 9.17) is 23.2 Å². The zero-order valence-electron chi connectivity index (χ0n) is 11.3. The van der Waals surface area contributed by atoms with E-state index >= 15 is 0 Å². The second kappa shape index (κ2) is 5.87. The Morgan fingerprint density at radius 1 is 1.09 bits per heavy atom. The number of rotatable bonds is 3. The number of H-pyrrole nitrogens is 1. The second-order valence-electron chi connectivity index (χ2n) is 4.78. The lowest BCUT2D eigenvalue weighted by molar-refractivity contribution is -0.130. The molecule has 0 unspecified atom stereocenters. The topological polar surface area (TPSA) is 53.1 Å². The average Bonchev–Trinajstić information content (AvgIpc) is 2.92. The minimum atomic E-state index is -1.00. The molecule has 3 rings (SSSR count). The van der Waals surface area contributed by atoms with E-state index < -0.39 is 5.97 Å². The highest BCUT2D eigenvalue weighted by molar-refractivity contribution is 6.42. The normalized spacial score (nSPS) is 11.8. The van der Waals surface area contributed by atoms with Crippen molar-refractivity contribution in [2.24, 2.45) is 0 Å². The molecule has 0 aliphatic carbocycles. The third kappa shape index (κ3) is 2.73. The summed E-state index contributed by atoms with van der Waals surface area (Å²) in [5, 5.41) is 11.2. The fourth-order valence-corrected chi connectivity index (χ4v) is 2.62. The highest BCUT2D eigenvalue weighted by Gasteiger charge is 2.15. The Morgan fingerprint density at radius 3 is 2.59 bits per heavy atom. The predicted molar refractivity (Wildman–Crippen MR) is 90.3 cm³/mol. The molecule has 3 nitrogen and oxygen atoms in total. The number of carbonyl (C=O) groups is 1. The van der Waals surface area contributed by atoms with Gasteiger partial charge in [-0.2, -0.15) is 0 Å². The van der Waals surface area contributed by atoms with E-state index in [1.165, 1.54) is 0 Å². The van der Waals surface area contributed by atoms with Crippen LogP contribution < -0.4 is 0 Å². The number of hydrogen-bond donors (Lipinski definition) is 2. The van der Waals surface area contributed by atoms with Crippen molar-refractivity contribution < 1.29 is 9.90 Å². The Hall–Kier alpha value is -2.23. The van der Waals surface area contributed by atoms with Crippen molar-refractivity contribution in [3.8, 4) is 0 Å². The third-order valence-corrected chi connectivity index (χ3v) is 4.10. The van der Waals surface area contributed by atoms with E-state index in [-0.39, 0.29) is 5.57 Å². The summed E-state index contributed by atoms with van der Waals surface area (Å²) in [7, 11) is 0. The van der Waals surface area contributed by atoms with Gasteiger partial charge in [0.1, 0.15) is 0 Å². The number of nitrogens with one attached hydrogen (secondary N) is 1. The Balaban J connectivity index is 2.15. The lowest BCUT2D eigenvalue weighted by atomic mass is 10.0. The van der Waals surface area contributed by atoms with Gasteiger partial charge in [0.05, 0.1) is 15.6 Å². The summed E-state index contributed by atoms with van der Waals surface area (Å²) < 4.78 is 0. The molecule has 0 saturated heterocycles. The summed E-state index contributed by atoms with van der Waals surface area (Å²) in [4.78, 5) is 14.7. The van der Waals surface area contributed by atoms with Crippen LogP contribution in [0.3, 0.4) is 0 Å². The number of carboxylic acids is 1. The van der Waals surface area contributed by atoms with Gasteiger partial charge in [-0.25, -0.2) is 4.79 Å². The SMILES string of the molecule is O=C(O)C(=Cc1ccc(Cl)c(Cl)c1)c1c[nH]c2ccccc12. The number of aliphatic carboxylic acids is 1. The number of benzene rings is 2. The maximum atomic E-state index is 11.7. The number of para-hydroxylation sites is 1. The van der Waals surface area contributed by atoms with Crippen molar-refractivity contribution in [3.05, 3.63) is 69.8 Å². The summed E-state index contributed by atoms with van der Waals surface area (Å²) in [6.45, 7) is 0. The molecule has 0 amide bonds. The molecule has 1 aromatic heterocycles. The first-order valence-corrected chi connectivity index (χ1v) is 7.28. The van der Waals surface area contributed by atoms with Crippen LogP contribution in [0.25, 0.3) is 22.6 Å². The fourth-order valence-electron chi connectivity index (χ4n) is 2.32. The Labute approximate surface area is 136 Å². The van der Waals surface area contributed by atoms with Crippen LogP contribution in [0.4, 0.5) is 0 Å². The third-order valence-electron chi connectivity index (χ3n) is 3.36. The molecule has 5 heteroatoms. The molecule has 0 spiro atoms. The van der Waals surface area contributed by atoms with Crippen LogP contribution >= 0.6 is 23.2 Å². The summed E-state index contributed by atoms with van der Waals surface area (Å²) in [5.41, 5.74) is 2.39. The Morgan fingerprint density at radius 2 is 1.86 bits per heavy atom. The van der Waals surface area contributed by atoms with Gasteiger partial charge in [0.15, 0.2) is 0 Å². The first-order valence-electron chi connectivity index (χ1n) is 6.53. The molecule has 22 heavy (non-hydrogen) atoms. The van der Waals surface area contributed by atoms with Crippen LogP contribution in [-0.2, 0) is 4.79 Å². The van der Waals surface area contributed by atoms with Gasteiger partial charge in [-0.3, -0.25) is 0 Å². The summed E-state index contributed by atoms with van der Waals surface area (Å²) in [5.74, 6) is -1.00. The molecule has 110 valence electrons. The van der Waals surface area contributed by atoms with Crippen molar-refractivity contribution in [2.75, 3.05) is 0 Å². The lowest BCUT2D eigenvalue weighted by Gasteiger charge is -2.03. The lowest BCUT2D eigenvalue weighted by Crippen LogP contribution is -1.99. The number of aromatic nitrogens is 1. The van der Waals surface area contributed by atoms with Gasteiger partial charge in [-0.05, 0) is 29.8 Å². The molecule has 0 fully saturated rings. The smallest absolute Gasteiger partial charge is 0.336 e. The Bertz CT molecular complexity index is 897. The fraction of sp³-hybridized carbons (Fsp3) is 0. The van der Waals surface area contributed by atoms with Gasteiger partial charge in [0.25, 0.3) is 0 Å². The molecule has 0 atom stereocenters. The Kier molecular flexibility index (Phi) is 3.92. The van der Waals surface area contributed by atoms with Gasteiger partial charge in [-0.1, -0.05) is 47.5 Å². The number of halogens is 2. The molecule has 0 aliphatic heterocycles. The van der Waals surface area contributed by atoms with Crippen molar-refractivity contribution in [2.45, 2.75) is 0 Å². The van der Waals surface area contributed by atoms with E-state index in [1.807, 2.05) is 24.3 Å². The van der Waals surface area contributed by atoms with Crippen molar-refractivity contribution in [3.63, 3.8) is 0 Å². The van der Waals surface area contributed by atoms with Crippen LogP contribution in [-0.4, -0.2) is 16.1 Å². The summed E-state index contributed by atoms with van der Waals surface area (Å²) in [6.07, 6.45) is 3.28. The molecule has 2 N–H and O–H groups in total. The quantitative estimate of drug-likeness (QED) is 0.656. The highest BCUT2D eigenvalue weighted by atomic mass is 35.5. The van der Waals surface area contributed by atoms with Crippen LogP contribution in [0, 0.1) is 0 Å². The molecule has 0 radical (unpaired) electrons. The van der Waals surface area contributed by atoms with E-state index in [0.29, 0.717) is 21.2 Å². The van der Waals surface area contributed by atoms with Crippen LogP contribution in [0.1, 0.15) is 11.1 Å². The van der Waals surface area contributed by atoms with Crippen molar-refractivity contribution in [1.82, 2.24) is 4.98 Å². The standard InChI is InChI=1S/C17H11Cl2NO2/c18-14-6-5-10(8-15(14)19)7-12(17(21)22)13-9-20-16-4-2-1-3-11(13)16/h1-9,20H,(H,21,22). The van der Waals surface area contributed by atoms with Gasteiger partial charge in [0.2, 0.25) is 0 Å². The van der Waals surface area contributed by atoms with E-state index in [0.717, 1.165) is 10.9 Å². The zero-order valence-corrected chi connectivity index (χ0v) is 12.8. The number of hydrogen-bond acceptors (Lipinski definition) is 1. The van der Waals surface area contributed by atoms with Crippen LogP contribution in [0.5, 0.6) is 0 Å². The minimum Gasteiger partial charge on any atom is -0.478 e. The molecule has 0 aliphatic rings. The van der Waals surface area contributed by atoms with Gasteiger partial charge in [-0.15, -0.1) is 0 Å². The maximum absolute atomic E-state index is 11.7. The van der Waals surface area contributed by atoms with Gasteiger partial charge >= 0.3 is 5.97 Å². The molecule has 0 bridgehead atoms. The summed E-state index contributed by atoms with van der Waals surface area (Å²) in [6, 6.07) is 12.6. The van der Waals surface area contributed by atoms with Crippen molar-refractivity contribution in [1.29, 1.82) is 0 Å². The van der Waals surface area contributed by atoms with E-state index in [9.17, 15) is 9.90 Å². The van der Waals surface area contributed by atoms with Crippen LogP contribution in [0.2, 0.25) is 10.0 Å². The predicted octanol–water partition coefficient (Wildman–Crippen LogP) is 5.10. The first-order chi connectivity index (χ1) is 10.6. The number of aromatic amines is 1. The number of fused-ring (bicyclic) bond motifs is 1. The number of carboxylic acid groups (broad SMARTS) is 1. The summed E-state index contributed by atoms with van der Waals surface area (Å²) >= 11 is 11.9. The molecule has 3 aromatic rings. The minimum absolute atomic E-state index is 0.191. The molecule has 1 heterocycles. The van der Waals surface area contributed by atoms with E-state index in [1.54, 1.807) is 30.5 Å². The maximum Gasteiger partial charge on any atom is 0.336 e. The monoisotopic (exact) mass is 331 g/mol. The molecule has 2 aromatic carbocycles. The highest BCUT2D eigenvalue weighted by Crippen LogP contribution is 2.29. The second-order valence-corrected chi connectivity index (χ2v) is 5.60. The van der Waals surface area contributed by atoms with E-state index in [2.05, 4.69) is 4.98 Å². The first kappa shape index (κ1) is 14.7. The zero-order chi connectivity index (χ0) is 15.7. The molecular formula is C17H11Cl2NO2. The van der Waals surface area contributed by atoms with Crippen molar-refractivity contribution >= 4 is 51.7 Å². The van der Waals surface area contributed by atoms with Gasteiger partial charge < -0.3 is 10.1 Å². The van der Waals surface area contributed by atoms with Crippen LogP contribution in [0.15, 0.2) is 48.7 Å². The molecular weight excluding hydrogens is 321 g/mol. The molecule has 0 saturated carbocycles. The largest absolute Gasteiger partial charge is 0.478 e.